The first-order chi connectivity index (χ1) is 9.06. The number of nitrogens with one attached hydrogen (secondary N) is 2. The average Bonchev–Trinajstić information content (AvgIpc) is 2.86. The third-order valence-corrected chi connectivity index (χ3v) is 3.11. The van der Waals surface area contributed by atoms with Gasteiger partial charge in [-0.3, -0.25) is 4.79 Å². The van der Waals surface area contributed by atoms with Crippen LogP contribution in [0.4, 0.5) is 5.69 Å². The number of H-pyrrole nitrogens is 1. The largest absolute Gasteiger partial charge is 0.348 e. The molecule has 19 heavy (non-hydrogen) atoms. The van der Waals surface area contributed by atoms with Crippen LogP contribution < -0.4 is 11.1 Å². The summed E-state index contributed by atoms with van der Waals surface area (Å²) in [5, 5.41) is 2.82. The number of anilines is 1. The first-order valence-electron chi connectivity index (χ1n) is 6.17. The fourth-order valence-corrected chi connectivity index (χ4v) is 1.78. The number of aromatic nitrogens is 2. The minimum absolute atomic E-state index is 0.196. The zero-order valence-corrected chi connectivity index (χ0v) is 11.1. The van der Waals surface area contributed by atoms with Gasteiger partial charge in [0, 0.05) is 24.0 Å². The van der Waals surface area contributed by atoms with Crippen LogP contribution in [0.1, 0.15) is 16.8 Å². The highest BCUT2D eigenvalue weighted by Gasteiger charge is 2.15. The second kappa shape index (κ2) is 5.67. The van der Waals surface area contributed by atoms with Crippen molar-refractivity contribution < 1.29 is 4.79 Å². The topological polar surface area (TPSA) is 83.8 Å². The summed E-state index contributed by atoms with van der Waals surface area (Å²) in [6, 6.07) is 5.20. The number of amides is 1. The van der Waals surface area contributed by atoms with Gasteiger partial charge in [0.15, 0.2) is 0 Å². The van der Waals surface area contributed by atoms with E-state index in [4.69, 9.17) is 5.73 Å². The van der Waals surface area contributed by atoms with Gasteiger partial charge in [-0.1, -0.05) is 6.07 Å². The van der Waals surface area contributed by atoms with Crippen molar-refractivity contribution in [3.63, 3.8) is 0 Å². The molecule has 1 heterocycles. The van der Waals surface area contributed by atoms with E-state index in [2.05, 4.69) is 15.3 Å². The van der Waals surface area contributed by atoms with Gasteiger partial charge >= 0.3 is 0 Å². The lowest BCUT2D eigenvalue weighted by molar-refractivity contribution is -0.117. The number of carbonyl (C=O) groups is 1. The van der Waals surface area contributed by atoms with Crippen LogP contribution >= 0.6 is 0 Å². The van der Waals surface area contributed by atoms with E-state index in [1.165, 1.54) is 5.56 Å². The molecule has 0 saturated carbocycles. The maximum absolute atomic E-state index is 12.0. The molecule has 0 spiro atoms. The highest BCUT2D eigenvalue weighted by molar-refractivity contribution is 5.94. The minimum Gasteiger partial charge on any atom is -0.348 e. The molecular weight excluding hydrogens is 240 g/mol. The molecule has 5 heteroatoms. The predicted octanol–water partition coefficient (Wildman–Crippen LogP) is 1.54. The lowest BCUT2D eigenvalue weighted by atomic mass is 10.1. The highest BCUT2D eigenvalue weighted by atomic mass is 16.2. The van der Waals surface area contributed by atoms with E-state index < -0.39 is 6.04 Å². The summed E-state index contributed by atoms with van der Waals surface area (Å²) < 4.78 is 0. The van der Waals surface area contributed by atoms with Crippen molar-refractivity contribution >= 4 is 11.6 Å². The van der Waals surface area contributed by atoms with E-state index in [0.717, 1.165) is 16.9 Å². The summed E-state index contributed by atoms with van der Waals surface area (Å²) in [5.74, 6) is -0.196. The maximum Gasteiger partial charge on any atom is 0.241 e. The molecule has 0 bridgehead atoms. The summed E-state index contributed by atoms with van der Waals surface area (Å²) in [7, 11) is 0. The van der Waals surface area contributed by atoms with Gasteiger partial charge in [-0.25, -0.2) is 4.98 Å². The molecule has 0 aliphatic rings. The average molecular weight is 258 g/mol. The Morgan fingerprint density at radius 1 is 1.42 bits per heavy atom. The molecule has 0 saturated heterocycles. The number of nitrogens with two attached hydrogens (primary N) is 1. The summed E-state index contributed by atoms with van der Waals surface area (Å²) in [6.45, 7) is 4.04. The second-order valence-corrected chi connectivity index (χ2v) is 4.68. The molecule has 0 aliphatic carbocycles. The predicted molar refractivity (Wildman–Crippen MR) is 74.8 cm³/mol. The van der Waals surface area contributed by atoms with Crippen LogP contribution in [0.15, 0.2) is 30.7 Å². The quantitative estimate of drug-likeness (QED) is 0.777. The standard InChI is InChI=1S/C14H18N4O/c1-9-3-4-11(5-10(9)2)18-14(19)13(15)6-12-7-16-8-17-12/h3-5,7-8,13H,6,15H2,1-2H3,(H,16,17)(H,18,19)/t13-/m0/s1. The van der Waals surface area contributed by atoms with Crippen molar-refractivity contribution in [3.05, 3.63) is 47.5 Å². The molecule has 4 N–H and O–H groups in total. The Morgan fingerprint density at radius 2 is 2.21 bits per heavy atom. The Kier molecular flexibility index (Phi) is 3.97. The SMILES string of the molecule is Cc1ccc(NC(=O)[C@@H](N)Cc2cnc[nH]2)cc1C. The van der Waals surface area contributed by atoms with E-state index in [9.17, 15) is 4.79 Å². The van der Waals surface area contributed by atoms with Gasteiger partial charge in [0.25, 0.3) is 0 Å². The molecule has 0 unspecified atom stereocenters. The van der Waals surface area contributed by atoms with Crippen molar-refractivity contribution in [2.75, 3.05) is 5.32 Å². The van der Waals surface area contributed by atoms with Crippen LogP contribution in [-0.2, 0) is 11.2 Å². The lowest BCUT2D eigenvalue weighted by Crippen LogP contribution is -2.37. The van der Waals surface area contributed by atoms with Crippen LogP contribution in [0.3, 0.4) is 0 Å². The minimum atomic E-state index is -0.595. The van der Waals surface area contributed by atoms with E-state index >= 15 is 0 Å². The molecule has 0 aliphatic heterocycles. The van der Waals surface area contributed by atoms with E-state index in [0.29, 0.717) is 6.42 Å². The van der Waals surface area contributed by atoms with Crippen LogP contribution in [0.2, 0.25) is 0 Å². The molecule has 0 radical (unpaired) electrons. The fourth-order valence-electron chi connectivity index (χ4n) is 1.78. The van der Waals surface area contributed by atoms with E-state index in [-0.39, 0.29) is 5.91 Å². The Balaban J connectivity index is 1.98. The molecule has 1 amide bonds. The molecule has 0 fully saturated rings. The molecule has 2 rings (SSSR count). The Labute approximate surface area is 112 Å². The molecule has 2 aromatic rings. The summed E-state index contributed by atoms with van der Waals surface area (Å²) >= 11 is 0. The Morgan fingerprint density at radius 3 is 2.84 bits per heavy atom. The van der Waals surface area contributed by atoms with E-state index in [1.54, 1.807) is 12.5 Å². The van der Waals surface area contributed by atoms with Crippen LogP contribution in [0.5, 0.6) is 0 Å². The van der Waals surface area contributed by atoms with Crippen molar-refractivity contribution in [3.8, 4) is 0 Å². The number of hydrogen-bond donors (Lipinski definition) is 3. The summed E-state index contributed by atoms with van der Waals surface area (Å²) in [6.07, 6.45) is 3.68. The molecule has 1 atom stereocenters. The van der Waals surface area contributed by atoms with Gasteiger partial charge in [-0.15, -0.1) is 0 Å². The zero-order chi connectivity index (χ0) is 13.8. The highest BCUT2D eigenvalue weighted by Crippen LogP contribution is 2.14. The fraction of sp³-hybridized carbons (Fsp3) is 0.286. The second-order valence-electron chi connectivity index (χ2n) is 4.68. The van der Waals surface area contributed by atoms with Gasteiger partial charge in [0.05, 0.1) is 12.4 Å². The molecule has 1 aromatic heterocycles. The lowest BCUT2D eigenvalue weighted by Gasteiger charge is -2.12. The third-order valence-electron chi connectivity index (χ3n) is 3.11. The molecular formula is C14H18N4O. The van der Waals surface area contributed by atoms with Crippen molar-refractivity contribution in [1.82, 2.24) is 9.97 Å². The number of aromatic amines is 1. The molecule has 1 aromatic carbocycles. The van der Waals surface area contributed by atoms with Gasteiger partial charge in [0.2, 0.25) is 5.91 Å². The first kappa shape index (κ1) is 13.3. The van der Waals surface area contributed by atoms with Crippen LogP contribution in [0, 0.1) is 13.8 Å². The summed E-state index contributed by atoms with van der Waals surface area (Å²) in [4.78, 5) is 18.8. The van der Waals surface area contributed by atoms with Crippen LogP contribution in [-0.4, -0.2) is 21.9 Å². The van der Waals surface area contributed by atoms with Gasteiger partial charge in [0.1, 0.15) is 0 Å². The smallest absolute Gasteiger partial charge is 0.241 e. The molecule has 100 valence electrons. The van der Waals surface area contributed by atoms with Crippen molar-refractivity contribution in [2.45, 2.75) is 26.3 Å². The number of imidazole rings is 1. The number of rotatable bonds is 4. The number of carbonyl (C=O) groups excluding carboxylic acids is 1. The first-order valence-corrected chi connectivity index (χ1v) is 6.17. The number of nitrogens with zero attached hydrogens (tertiary/aromatic N) is 1. The maximum atomic E-state index is 12.0. The normalized spacial score (nSPS) is 12.2. The van der Waals surface area contributed by atoms with Crippen LogP contribution in [0.25, 0.3) is 0 Å². The zero-order valence-electron chi connectivity index (χ0n) is 11.1. The Hall–Kier alpha value is -2.14. The number of aryl methyl sites for hydroxylation is 2. The van der Waals surface area contributed by atoms with Gasteiger partial charge < -0.3 is 16.0 Å². The molecule has 5 nitrogen and oxygen atoms in total. The van der Waals surface area contributed by atoms with Gasteiger partial charge in [-0.2, -0.15) is 0 Å². The van der Waals surface area contributed by atoms with Crippen molar-refractivity contribution in [1.29, 1.82) is 0 Å². The van der Waals surface area contributed by atoms with E-state index in [1.807, 2.05) is 32.0 Å². The monoisotopic (exact) mass is 258 g/mol. The Bertz CT molecular complexity index is 563. The number of benzene rings is 1. The summed E-state index contributed by atoms with van der Waals surface area (Å²) in [5.41, 5.74) is 9.82. The third kappa shape index (κ3) is 3.42. The van der Waals surface area contributed by atoms with Crippen molar-refractivity contribution in [2.24, 2.45) is 5.73 Å². The van der Waals surface area contributed by atoms with Gasteiger partial charge in [-0.05, 0) is 37.1 Å². The number of hydrogen-bond acceptors (Lipinski definition) is 3.